The van der Waals surface area contributed by atoms with Crippen LogP contribution in [-0.4, -0.2) is 59.9 Å². The van der Waals surface area contributed by atoms with Gasteiger partial charge in [-0.05, 0) is 45.2 Å². The van der Waals surface area contributed by atoms with Gasteiger partial charge in [0, 0.05) is 24.6 Å². The first kappa shape index (κ1) is 22.7. The van der Waals surface area contributed by atoms with Crippen LogP contribution in [0.3, 0.4) is 0 Å². The number of nitrogens with one attached hydrogen (secondary N) is 1. The lowest BCUT2D eigenvalue weighted by molar-refractivity contribution is 0.0196. The fourth-order valence-electron chi connectivity index (χ4n) is 3.79. The minimum absolute atomic E-state index is 0.00567. The molecule has 10 heteroatoms. The van der Waals surface area contributed by atoms with E-state index in [4.69, 9.17) is 10.5 Å². The number of benzene rings is 1. The fraction of sp³-hybridized carbons (Fsp3) is 0.435. The summed E-state index contributed by atoms with van der Waals surface area (Å²) in [5, 5.41) is 16.7. The van der Waals surface area contributed by atoms with Gasteiger partial charge in [-0.15, -0.1) is 0 Å². The average molecular weight is 452 g/mol. The Bertz CT molecular complexity index is 1140. The summed E-state index contributed by atoms with van der Waals surface area (Å²) in [4.78, 5) is 27.7. The first-order valence-corrected chi connectivity index (χ1v) is 11.0. The third kappa shape index (κ3) is 5.28. The number of likely N-dealkylation sites (tertiary alicyclic amines) is 1. The van der Waals surface area contributed by atoms with Gasteiger partial charge in [0.1, 0.15) is 11.4 Å². The van der Waals surface area contributed by atoms with Crippen LogP contribution >= 0.6 is 0 Å². The number of hydrogen-bond acceptors (Lipinski definition) is 8. The van der Waals surface area contributed by atoms with Crippen LogP contribution in [0.15, 0.2) is 30.5 Å². The zero-order valence-electron chi connectivity index (χ0n) is 19.1. The fourth-order valence-corrected chi connectivity index (χ4v) is 3.79. The van der Waals surface area contributed by atoms with Crippen LogP contribution in [0.25, 0.3) is 22.8 Å². The number of hydrogen-bond donors (Lipinski definition) is 3. The van der Waals surface area contributed by atoms with Crippen molar-refractivity contribution in [2.24, 2.45) is 0 Å². The van der Waals surface area contributed by atoms with Crippen molar-refractivity contribution in [1.82, 2.24) is 30.0 Å². The topological polar surface area (TPSA) is 143 Å². The van der Waals surface area contributed by atoms with E-state index in [2.05, 4.69) is 25.1 Å². The van der Waals surface area contributed by atoms with E-state index in [9.17, 15) is 9.90 Å². The molecule has 3 heterocycles. The Hall–Kier alpha value is -3.53. The molecule has 0 saturated carbocycles. The number of aliphatic hydroxyl groups excluding tert-OH is 1. The Kier molecular flexibility index (Phi) is 6.28. The van der Waals surface area contributed by atoms with Gasteiger partial charge in [-0.1, -0.05) is 18.2 Å². The molecule has 1 atom stereocenters. The summed E-state index contributed by atoms with van der Waals surface area (Å²) in [6, 6.07) is 7.42. The number of aliphatic hydroxyl groups is 1. The summed E-state index contributed by atoms with van der Waals surface area (Å²) >= 11 is 0. The van der Waals surface area contributed by atoms with E-state index < -0.39 is 5.60 Å². The largest absolute Gasteiger partial charge is 0.444 e. The van der Waals surface area contributed by atoms with Crippen molar-refractivity contribution in [2.45, 2.75) is 51.7 Å². The first-order chi connectivity index (χ1) is 15.7. The van der Waals surface area contributed by atoms with Gasteiger partial charge < -0.3 is 20.5 Å². The SMILES string of the molecule is CC(C)(C)OC(=O)N1CCC[C@@H](c2nc(-c3nc(-c4cccc(CO)c4)cnc3N)n[nH]2)C1. The van der Waals surface area contributed by atoms with Crippen LogP contribution in [0.4, 0.5) is 10.6 Å². The maximum Gasteiger partial charge on any atom is 0.410 e. The average Bonchev–Trinajstić information content (AvgIpc) is 3.28. The number of H-pyrrole nitrogens is 1. The van der Waals surface area contributed by atoms with Gasteiger partial charge in [0.2, 0.25) is 5.82 Å². The molecule has 0 aliphatic carbocycles. The predicted molar refractivity (Wildman–Crippen MR) is 123 cm³/mol. The van der Waals surface area contributed by atoms with Crippen LogP contribution in [0.1, 0.15) is 50.9 Å². The van der Waals surface area contributed by atoms with E-state index >= 15 is 0 Å². The van der Waals surface area contributed by atoms with Crippen molar-refractivity contribution < 1.29 is 14.6 Å². The lowest BCUT2D eigenvalue weighted by atomic mass is 9.98. The second-order valence-electron chi connectivity index (χ2n) is 9.16. The summed E-state index contributed by atoms with van der Waals surface area (Å²) in [7, 11) is 0. The number of ether oxygens (including phenoxy) is 1. The van der Waals surface area contributed by atoms with Crippen LogP contribution < -0.4 is 5.73 Å². The molecule has 1 amide bonds. The number of aromatic amines is 1. The first-order valence-electron chi connectivity index (χ1n) is 11.0. The van der Waals surface area contributed by atoms with Crippen molar-refractivity contribution in [1.29, 1.82) is 0 Å². The zero-order chi connectivity index (χ0) is 23.6. The Morgan fingerprint density at radius 2 is 2.15 bits per heavy atom. The predicted octanol–water partition coefficient (Wildman–Crippen LogP) is 3.12. The molecule has 0 unspecified atom stereocenters. The molecule has 1 aliphatic rings. The van der Waals surface area contributed by atoms with Crippen LogP contribution in [-0.2, 0) is 11.3 Å². The molecule has 1 saturated heterocycles. The molecule has 1 aliphatic heterocycles. The Labute approximate surface area is 192 Å². The molecule has 33 heavy (non-hydrogen) atoms. The number of nitrogen functional groups attached to an aromatic ring is 1. The molecule has 4 rings (SSSR count). The number of aromatic nitrogens is 5. The number of carbonyl (C=O) groups excluding carboxylic acids is 1. The lowest BCUT2D eigenvalue weighted by Crippen LogP contribution is -2.42. The normalized spacial score (nSPS) is 16.6. The van der Waals surface area contributed by atoms with Gasteiger partial charge in [-0.25, -0.2) is 19.7 Å². The van der Waals surface area contributed by atoms with Crippen molar-refractivity contribution >= 4 is 11.9 Å². The minimum Gasteiger partial charge on any atom is -0.444 e. The minimum atomic E-state index is -0.540. The van der Waals surface area contributed by atoms with Crippen LogP contribution in [0, 0.1) is 0 Å². The van der Waals surface area contributed by atoms with Gasteiger partial charge in [-0.3, -0.25) is 5.10 Å². The molecular formula is C23H29N7O3. The molecule has 0 bridgehead atoms. The number of amides is 1. The Morgan fingerprint density at radius 1 is 1.33 bits per heavy atom. The van der Waals surface area contributed by atoms with Crippen molar-refractivity contribution in [3.8, 4) is 22.8 Å². The second kappa shape index (κ2) is 9.14. The van der Waals surface area contributed by atoms with E-state index in [0.717, 1.165) is 24.0 Å². The van der Waals surface area contributed by atoms with Gasteiger partial charge in [0.15, 0.2) is 11.5 Å². The van der Waals surface area contributed by atoms with E-state index in [-0.39, 0.29) is 24.4 Å². The smallest absolute Gasteiger partial charge is 0.410 e. The van der Waals surface area contributed by atoms with Crippen LogP contribution in [0.5, 0.6) is 0 Å². The van der Waals surface area contributed by atoms with Gasteiger partial charge >= 0.3 is 6.09 Å². The highest BCUT2D eigenvalue weighted by Gasteiger charge is 2.30. The van der Waals surface area contributed by atoms with E-state index in [0.29, 0.717) is 36.1 Å². The summed E-state index contributed by atoms with van der Waals surface area (Å²) in [5.41, 5.74) is 8.12. The molecule has 4 N–H and O–H groups in total. The molecule has 10 nitrogen and oxygen atoms in total. The summed E-state index contributed by atoms with van der Waals surface area (Å²) in [6.07, 6.45) is 2.99. The third-order valence-corrected chi connectivity index (χ3v) is 5.38. The molecule has 0 radical (unpaired) electrons. The molecule has 3 aromatic rings. The molecular weight excluding hydrogens is 422 g/mol. The number of carbonyl (C=O) groups is 1. The van der Waals surface area contributed by atoms with E-state index in [1.54, 1.807) is 11.1 Å². The van der Waals surface area contributed by atoms with Crippen molar-refractivity contribution in [2.75, 3.05) is 18.8 Å². The quantitative estimate of drug-likeness (QED) is 0.549. The molecule has 2 aromatic heterocycles. The lowest BCUT2D eigenvalue weighted by Gasteiger charge is -2.33. The molecule has 0 spiro atoms. The summed E-state index contributed by atoms with van der Waals surface area (Å²) in [6.45, 7) is 6.66. The molecule has 1 fully saturated rings. The Balaban J connectivity index is 1.55. The highest BCUT2D eigenvalue weighted by Crippen LogP contribution is 2.29. The highest BCUT2D eigenvalue weighted by molar-refractivity contribution is 5.69. The maximum atomic E-state index is 12.5. The van der Waals surface area contributed by atoms with Crippen molar-refractivity contribution in [3.05, 3.63) is 41.9 Å². The van der Waals surface area contributed by atoms with E-state index in [1.165, 1.54) is 0 Å². The zero-order valence-corrected chi connectivity index (χ0v) is 19.1. The van der Waals surface area contributed by atoms with Gasteiger partial charge in [0.25, 0.3) is 0 Å². The molecule has 1 aromatic carbocycles. The monoisotopic (exact) mass is 451 g/mol. The number of anilines is 1. The van der Waals surface area contributed by atoms with E-state index in [1.807, 2.05) is 45.0 Å². The summed E-state index contributed by atoms with van der Waals surface area (Å²) in [5.74, 6) is 1.25. The molecule has 174 valence electrons. The standard InChI is InChI=1S/C23H29N7O3/c1-23(2,3)33-22(32)30-9-5-8-16(12-30)20-27-21(29-28-20)18-19(24)25-11-17(26-18)15-7-4-6-14(10-15)13-31/h4,6-7,10-11,16,31H,5,8-9,12-13H2,1-3H3,(H2,24,25)(H,27,28,29)/t16-/m1/s1. The second-order valence-corrected chi connectivity index (χ2v) is 9.16. The maximum absolute atomic E-state index is 12.5. The number of nitrogens with zero attached hydrogens (tertiary/aromatic N) is 5. The van der Waals surface area contributed by atoms with Crippen molar-refractivity contribution in [3.63, 3.8) is 0 Å². The third-order valence-electron chi connectivity index (χ3n) is 5.38. The van der Waals surface area contributed by atoms with Gasteiger partial charge in [0.05, 0.1) is 18.5 Å². The number of rotatable bonds is 4. The van der Waals surface area contributed by atoms with Crippen LogP contribution in [0.2, 0.25) is 0 Å². The number of piperidine rings is 1. The van der Waals surface area contributed by atoms with Gasteiger partial charge in [-0.2, -0.15) is 5.10 Å². The highest BCUT2D eigenvalue weighted by atomic mass is 16.6. The Morgan fingerprint density at radius 3 is 2.91 bits per heavy atom. The number of nitrogens with two attached hydrogens (primary N) is 1. The summed E-state index contributed by atoms with van der Waals surface area (Å²) < 4.78 is 5.51.